The van der Waals surface area contributed by atoms with E-state index in [0.29, 0.717) is 54.9 Å². The number of carbonyl (C=O) groups is 2. The van der Waals surface area contributed by atoms with Crippen molar-refractivity contribution in [2.75, 3.05) is 5.32 Å². The van der Waals surface area contributed by atoms with Crippen molar-refractivity contribution in [3.63, 3.8) is 0 Å². The van der Waals surface area contributed by atoms with Gasteiger partial charge in [-0.25, -0.2) is 4.79 Å². The Hall–Kier alpha value is -3.13. The summed E-state index contributed by atoms with van der Waals surface area (Å²) in [6.45, 7) is 7.59. The first-order chi connectivity index (χ1) is 19.8. The third-order valence-electron chi connectivity index (χ3n) is 6.25. The average Bonchev–Trinajstić information content (AvgIpc) is 2.91. The molecule has 4 aromatic carbocycles. The minimum atomic E-state index is -0.777. The molecule has 2 N–H and O–H groups in total. The monoisotopic (exact) mass is 664 g/mol. The van der Waals surface area contributed by atoms with E-state index >= 15 is 0 Å². The number of anilines is 1. The Bertz CT molecular complexity index is 1670. The van der Waals surface area contributed by atoms with E-state index in [4.69, 9.17) is 67.5 Å². The van der Waals surface area contributed by atoms with Crippen molar-refractivity contribution < 1.29 is 19.1 Å². The number of hydrogen-bond donors (Lipinski definition) is 2. The minimum Gasteiger partial charge on any atom is -0.456 e. The van der Waals surface area contributed by atoms with Crippen LogP contribution in [0.5, 0.6) is 23.0 Å². The van der Waals surface area contributed by atoms with E-state index in [1.807, 2.05) is 19.9 Å². The van der Waals surface area contributed by atoms with E-state index in [2.05, 4.69) is 10.6 Å². The van der Waals surface area contributed by atoms with Crippen molar-refractivity contribution in [3.8, 4) is 23.0 Å². The molecule has 0 unspecified atom stereocenters. The SMILES string of the molecule is Cc1cc(NC(=O)NC(=O)c2c(Cl)cccc2Cl)c(C)c(Cl)c1Oc1ccc(Oc2ccc(Cl)cc2Cl)c(C(C)C)c1. The van der Waals surface area contributed by atoms with Gasteiger partial charge in [-0.05, 0) is 85.5 Å². The molecule has 4 aromatic rings. The molecule has 6 nitrogen and oxygen atoms in total. The number of carbonyl (C=O) groups excluding carboxylic acids is 2. The maximum atomic E-state index is 12.6. The van der Waals surface area contributed by atoms with Crippen LogP contribution in [-0.2, 0) is 0 Å². The zero-order chi connectivity index (χ0) is 30.7. The second-order valence-corrected chi connectivity index (χ2v) is 11.7. The van der Waals surface area contributed by atoms with Gasteiger partial charge in [0, 0.05) is 16.3 Å². The molecule has 0 saturated heterocycles. The number of halogens is 5. The lowest BCUT2D eigenvalue weighted by molar-refractivity contribution is 0.0967. The highest BCUT2D eigenvalue weighted by atomic mass is 35.5. The average molecular weight is 667 g/mol. The lowest BCUT2D eigenvalue weighted by Gasteiger charge is -2.19. The number of amides is 3. The van der Waals surface area contributed by atoms with Crippen LogP contribution in [0.15, 0.2) is 60.7 Å². The molecule has 11 heteroatoms. The fourth-order valence-corrected chi connectivity index (χ4v) is 5.38. The van der Waals surface area contributed by atoms with Crippen molar-refractivity contribution in [3.05, 3.63) is 108 Å². The van der Waals surface area contributed by atoms with Gasteiger partial charge in [0.05, 0.1) is 25.7 Å². The maximum absolute atomic E-state index is 12.6. The highest BCUT2D eigenvalue weighted by Gasteiger charge is 2.20. The lowest BCUT2D eigenvalue weighted by Crippen LogP contribution is -2.34. The topological polar surface area (TPSA) is 76.7 Å². The maximum Gasteiger partial charge on any atom is 0.326 e. The molecular formula is C31H25Cl5N2O4. The second kappa shape index (κ2) is 13.4. The molecule has 0 saturated carbocycles. The summed E-state index contributed by atoms with van der Waals surface area (Å²) in [5.41, 5.74) is 2.48. The quantitative estimate of drug-likeness (QED) is 0.206. The molecule has 0 spiro atoms. The van der Waals surface area contributed by atoms with Gasteiger partial charge < -0.3 is 14.8 Å². The Morgan fingerprint density at radius 1 is 0.786 bits per heavy atom. The number of nitrogens with one attached hydrogen (secondary N) is 2. The van der Waals surface area contributed by atoms with Gasteiger partial charge in [0.25, 0.3) is 5.91 Å². The van der Waals surface area contributed by atoms with Crippen molar-refractivity contribution in [1.29, 1.82) is 0 Å². The van der Waals surface area contributed by atoms with E-state index in [0.717, 1.165) is 5.56 Å². The summed E-state index contributed by atoms with van der Waals surface area (Å²) in [5.74, 6) is 1.42. The smallest absolute Gasteiger partial charge is 0.326 e. The van der Waals surface area contributed by atoms with Gasteiger partial charge in [-0.15, -0.1) is 0 Å². The van der Waals surface area contributed by atoms with Crippen LogP contribution in [0.25, 0.3) is 0 Å². The molecule has 0 aromatic heterocycles. The van der Waals surface area contributed by atoms with Gasteiger partial charge in [0.2, 0.25) is 0 Å². The van der Waals surface area contributed by atoms with Crippen LogP contribution < -0.4 is 20.1 Å². The van der Waals surface area contributed by atoms with E-state index < -0.39 is 11.9 Å². The summed E-state index contributed by atoms with van der Waals surface area (Å²) in [5, 5.41) is 6.34. The molecule has 4 rings (SSSR count). The van der Waals surface area contributed by atoms with E-state index in [1.165, 1.54) is 12.1 Å². The van der Waals surface area contributed by atoms with Crippen LogP contribution in [0.4, 0.5) is 10.5 Å². The van der Waals surface area contributed by atoms with Crippen molar-refractivity contribution in [1.82, 2.24) is 5.32 Å². The van der Waals surface area contributed by atoms with E-state index in [1.54, 1.807) is 56.3 Å². The summed E-state index contributed by atoms with van der Waals surface area (Å²) in [6, 6.07) is 16.0. The predicted octanol–water partition coefficient (Wildman–Crippen LogP) is 11.2. The highest BCUT2D eigenvalue weighted by Crippen LogP contribution is 2.42. The van der Waals surface area contributed by atoms with Crippen LogP contribution in [0.2, 0.25) is 25.1 Å². The first-order valence-electron chi connectivity index (χ1n) is 12.7. The molecule has 0 heterocycles. The number of imide groups is 1. The first kappa shape index (κ1) is 31.8. The lowest BCUT2D eigenvalue weighted by atomic mass is 10.0. The summed E-state index contributed by atoms with van der Waals surface area (Å²) in [4.78, 5) is 25.2. The fraction of sp³-hybridized carbons (Fsp3) is 0.161. The Balaban J connectivity index is 1.54. The Morgan fingerprint density at radius 3 is 2.10 bits per heavy atom. The third-order valence-corrected chi connectivity index (χ3v) is 7.87. The predicted molar refractivity (Wildman–Crippen MR) is 171 cm³/mol. The van der Waals surface area contributed by atoms with E-state index in [9.17, 15) is 9.59 Å². The zero-order valence-corrected chi connectivity index (χ0v) is 26.7. The molecule has 0 bridgehead atoms. The summed E-state index contributed by atoms with van der Waals surface area (Å²) >= 11 is 31.2. The largest absolute Gasteiger partial charge is 0.456 e. The molecule has 0 aliphatic rings. The number of urea groups is 1. The second-order valence-electron chi connectivity index (χ2n) is 9.65. The van der Waals surface area contributed by atoms with Crippen molar-refractivity contribution in [2.24, 2.45) is 0 Å². The number of benzene rings is 4. The first-order valence-corrected chi connectivity index (χ1v) is 14.6. The van der Waals surface area contributed by atoms with Gasteiger partial charge in [-0.1, -0.05) is 77.9 Å². The number of rotatable bonds is 7. The van der Waals surface area contributed by atoms with Gasteiger partial charge in [0.15, 0.2) is 0 Å². The Kier molecular flexibility index (Phi) is 10.2. The van der Waals surface area contributed by atoms with Crippen molar-refractivity contribution in [2.45, 2.75) is 33.6 Å². The number of aryl methyl sites for hydroxylation is 1. The van der Waals surface area contributed by atoms with Crippen LogP contribution in [-0.4, -0.2) is 11.9 Å². The fourth-order valence-electron chi connectivity index (χ4n) is 4.07. The van der Waals surface area contributed by atoms with Gasteiger partial charge in [-0.3, -0.25) is 10.1 Å². The summed E-state index contributed by atoms with van der Waals surface area (Å²) < 4.78 is 12.3. The highest BCUT2D eigenvalue weighted by molar-refractivity contribution is 6.40. The summed E-state index contributed by atoms with van der Waals surface area (Å²) in [7, 11) is 0. The summed E-state index contributed by atoms with van der Waals surface area (Å²) in [6.07, 6.45) is 0. The number of hydrogen-bond acceptors (Lipinski definition) is 4. The molecule has 0 radical (unpaired) electrons. The standard InChI is InChI=1S/C31H25Cl5N2O4/c1-15(2)20-14-19(9-11-25(20)42-26-10-8-18(32)13-23(26)35)41-29-16(3)12-24(17(4)28(29)36)37-31(40)38-30(39)27-21(33)6-5-7-22(27)34/h5-15H,1-4H3,(H2,37,38,39,40). The molecule has 0 atom stereocenters. The van der Waals surface area contributed by atoms with Crippen molar-refractivity contribution >= 4 is 75.6 Å². The molecule has 0 aliphatic carbocycles. The molecule has 0 fully saturated rings. The van der Waals surface area contributed by atoms with Gasteiger partial charge >= 0.3 is 6.03 Å². The van der Waals surface area contributed by atoms with Crippen LogP contribution in [0, 0.1) is 13.8 Å². The molecule has 3 amide bonds. The van der Waals surface area contributed by atoms with E-state index in [-0.39, 0.29) is 21.5 Å². The molecular weight excluding hydrogens is 642 g/mol. The molecule has 0 aliphatic heterocycles. The molecule has 218 valence electrons. The van der Waals surface area contributed by atoms with Crippen LogP contribution in [0.1, 0.15) is 46.8 Å². The Morgan fingerprint density at radius 2 is 1.45 bits per heavy atom. The van der Waals surface area contributed by atoms with Gasteiger partial charge in [0.1, 0.15) is 23.0 Å². The van der Waals surface area contributed by atoms with Crippen LogP contribution in [0.3, 0.4) is 0 Å². The van der Waals surface area contributed by atoms with Gasteiger partial charge in [-0.2, -0.15) is 0 Å². The third kappa shape index (κ3) is 7.25. The normalized spacial score (nSPS) is 10.9. The Labute approximate surface area is 268 Å². The molecule has 42 heavy (non-hydrogen) atoms. The minimum absolute atomic E-state index is 0.000820. The number of ether oxygens (including phenoxy) is 2. The zero-order valence-electron chi connectivity index (χ0n) is 22.9. The van der Waals surface area contributed by atoms with Crippen LogP contribution >= 0.6 is 58.0 Å².